The first kappa shape index (κ1) is 15.0. The number of hydrogen-bond donors (Lipinski definition) is 1. The first-order chi connectivity index (χ1) is 8.29. The van der Waals surface area contributed by atoms with Crippen molar-refractivity contribution in [1.82, 2.24) is 5.32 Å². The van der Waals surface area contributed by atoms with Crippen LogP contribution in [0.2, 0.25) is 0 Å². The highest BCUT2D eigenvalue weighted by Crippen LogP contribution is 2.82. The van der Waals surface area contributed by atoms with Crippen LogP contribution in [0.25, 0.3) is 0 Å². The second-order valence-corrected chi connectivity index (χ2v) is 9.77. The second-order valence-electron chi connectivity index (χ2n) is 5.80. The van der Waals surface area contributed by atoms with E-state index in [9.17, 15) is 4.79 Å². The van der Waals surface area contributed by atoms with Crippen molar-refractivity contribution in [3.05, 3.63) is 12.7 Å². The van der Waals surface area contributed by atoms with E-state index >= 15 is 0 Å². The quantitative estimate of drug-likeness (QED) is 0.517. The van der Waals surface area contributed by atoms with Gasteiger partial charge in [0.15, 0.2) is 0 Å². The van der Waals surface area contributed by atoms with E-state index in [2.05, 4.69) is 73.5 Å². The predicted molar refractivity (Wildman–Crippen MR) is 85.4 cm³/mol. The molecule has 0 radical (unpaired) electrons. The molecule has 5 heteroatoms. The van der Waals surface area contributed by atoms with E-state index in [1.54, 1.807) is 6.08 Å². The van der Waals surface area contributed by atoms with Crippen molar-refractivity contribution in [3.63, 3.8) is 0 Å². The molecular formula is C13H18Br3NO. The Morgan fingerprint density at radius 1 is 1.50 bits per heavy atom. The lowest BCUT2D eigenvalue weighted by Gasteiger charge is -2.66. The Hall–Kier alpha value is 0.650. The van der Waals surface area contributed by atoms with Gasteiger partial charge in [0.2, 0.25) is 5.91 Å². The third kappa shape index (κ3) is 1.42. The highest BCUT2D eigenvalue weighted by Gasteiger charge is 2.83. The first-order valence-electron chi connectivity index (χ1n) is 6.10. The normalized spacial score (nSPS) is 40.4. The Morgan fingerprint density at radius 2 is 2.11 bits per heavy atom. The number of alkyl halides is 3. The Bertz CT molecular complexity index is 396. The number of fused-ring (bicyclic) bond motifs is 1. The van der Waals surface area contributed by atoms with Gasteiger partial charge in [0.1, 0.15) is 0 Å². The Labute approximate surface area is 134 Å². The average molecular weight is 444 g/mol. The third-order valence-corrected chi connectivity index (χ3v) is 8.53. The lowest BCUT2D eigenvalue weighted by Crippen LogP contribution is -2.72. The molecule has 3 atom stereocenters. The average Bonchev–Trinajstić information content (AvgIpc) is 2.75. The van der Waals surface area contributed by atoms with Crippen LogP contribution in [0.5, 0.6) is 0 Å². The molecule has 1 amide bonds. The minimum atomic E-state index is -0.296. The molecule has 18 heavy (non-hydrogen) atoms. The number of nitrogens with one attached hydrogen (secondary N) is 1. The summed E-state index contributed by atoms with van der Waals surface area (Å²) in [5.41, 5.74) is -0.231. The number of rotatable bonds is 4. The van der Waals surface area contributed by atoms with Gasteiger partial charge in [0, 0.05) is 16.8 Å². The van der Waals surface area contributed by atoms with Gasteiger partial charge in [0.25, 0.3) is 0 Å². The molecule has 3 aliphatic carbocycles. The van der Waals surface area contributed by atoms with Gasteiger partial charge in [-0.05, 0) is 18.3 Å². The van der Waals surface area contributed by atoms with E-state index in [0.717, 1.165) is 12.8 Å². The summed E-state index contributed by atoms with van der Waals surface area (Å²) in [5, 5.41) is 2.98. The minimum Gasteiger partial charge on any atom is -0.352 e. The lowest BCUT2D eigenvalue weighted by atomic mass is 9.43. The van der Waals surface area contributed by atoms with Gasteiger partial charge in [-0.3, -0.25) is 4.79 Å². The molecule has 0 heterocycles. The first-order valence-corrected chi connectivity index (χ1v) is 8.85. The summed E-state index contributed by atoms with van der Waals surface area (Å²) in [6, 6.07) is 0. The van der Waals surface area contributed by atoms with Crippen LogP contribution in [-0.4, -0.2) is 21.0 Å². The van der Waals surface area contributed by atoms with E-state index in [4.69, 9.17) is 0 Å². The highest BCUT2D eigenvalue weighted by atomic mass is 79.9. The van der Waals surface area contributed by atoms with Crippen molar-refractivity contribution < 1.29 is 4.79 Å². The zero-order chi connectivity index (χ0) is 13.8. The predicted octanol–water partition coefficient (Wildman–Crippen LogP) is 3.97. The molecule has 0 spiro atoms. The van der Waals surface area contributed by atoms with Crippen LogP contribution in [0.4, 0.5) is 0 Å². The molecule has 3 saturated carbocycles. The molecule has 102 valence electrons. The SMILES string of the molecule is C=CCNC(=O)[C@@]12CC[C@@](C(Br)Br)([C@H]1Br)C2(C)C. The number of amides is 1. The van der Waals surface area contributed by atoms with Gasteiger partial charge in [0.05, 0.1) is 9.15 Å². The summed E-state index contributed by atoms with van der Waals surface area (Å²) in [6.45, 7) is 8.61. The van der Waals surface area contributed by atoms with Gasteiger partial charge in [-0.25, -0.2) is 0 Å². The summed E-state index contributed by atoms with van der Waals surface area (Å²) in [6.07, 6.45) is 3.72. The Balaban J connectivity index is 2.33. The smallest absolute Gasteiger partial charge is 0.228 e. The number of carbonyl (C=O) groups excluding carboxylic acids is 1. The molecule has 3 aliphatic rings. The second kappa shape index (κ2) is 4.59. The van der Waals surface area contributed by atoms with E-state index < -0.39 is 0 Å². The molecule has 0 aliphatic heterocycles. The van der Waals surface area contributed by atoms with Gasteiger partial charge < -0.3 is 5.32 Å². The molecule has 3 rings (SSSR count). The van der Waals surface area contributed by atoms with Crippen LogP contribution in [0, 0.1) is 16.2 Å². The van der Waals surface area contributed by atoms with Crippen molar-refractivity contribution in [2.45, 2.75) is 35.3 Å². The maximum Gasteiger partial charge on any atom is 0.228 e. The fourth-order valence-corrected chi connectivity index (χ4v) is 8.94. The topological polar surface area (TPSA) is 29.1 Å². The van der Waals surface area contributed by atoms with Crippen molar-refractivity contribution in [1.29, 1.82) is 0 Å². The van der Waals surface area contributed by atoms with Crippen LogP contribution >= 0.6 is 47.8 Å². The molecule has 0 aromatic carbocycles. The minimum absolute atomic E-state index is 0.0307. The van der Waals surface area contributed by atoms with Gasteiger partial charge in [-0.15, -0.1) is 6.58 Å². The van der Waals surface area contributed by atoms with Crippen LogP contribution < -0.4 is 5.32 Å². The zero-order valence-electron chi connectivity index (χ0n) is 10.6. The van der Waals surface area contributed by atoms with Crippen LogP contribution in [0.1, 0.15) is 26.7 Å². The summed E-state index contributed by atoms with van der Waals surface area (Å²) in [4.78, 5) is 12.7. The molecular weight excluding hydrogens is 426 g/mol. The Kier molecular flexibility index (Phi) is 3.84. The fourth-order valence-electron chi connectivity index (χ4n) is 4.02. The van der Waals surface area contributed by atoms with Crippen LogP contribution in [0.3, 0.4) is 0 Å². The molecule has 2 nitrogen and oxygen atoms in total. The van der Waals surface area contributed by atoms with Crippen molar-refractivity contribution in [3.8, 4) is 0 Å². The number of hydrogen-bond acceptors (Lipinski definition) is 1. The molecule has 0 unspecified atom stereocenters. The summed E-state index contributed by atoms with van der Waals surface area (Å²) < 4.78 is 0.222. The lowest BCUT2D eigenvalue weighted by molar-refractivity contribution is -0.161. The number of halogens is 3. The van der Waals surface area contributed by atoms with Gasteiger partial charge in [-0.1, -0.05) is 67.7 Å². The molecule has 0 aromatic heterocycles. The molecule has 2 bridgehead atoms. The summed E-state index contributed by atoms with van der Waals surface area (Å²) in [7, 11) is 0. The molecule has 0 saturated heterocycles. The van der Waals surface area contributed by atoms with Crippen molar-refractivity contribution in [2.75, 3.05) is 6.54 Å². The van der Waals surface area contributed by atoms with Crippen molar-refractivity contribution >= 4 is 53.7 Å². The van der Waals surface area contributed by atoms with Gasteiger partial charge in [-0.2, -0.15) is 0 Å². The van der Waals surface area contributed by atoms with Crippen molar-refractivity contribution in [2.24, 2.45) is 16.2 Å². The van der Waals surface area contributed by atoms with Crippen LogP contribution in [-0.2, 0) is 4.79 Å². The maximum absolute atomic E-state index is 12.5. The molecule has 1 N–H and O–H groups in total. The third-order valence-electron chi connectivity index (χ3n) is 5.30. The molecule has 0 aromatic rings. The number of carbonyl (C=O) groups is 1. The van der Waals surface area contributed by atoms with E-state index in [1.165, 1.54) is 0 Å². The highest BCUT2D eigenvalue weighted by molar-refractivity contribution is 9.24. The zero-order valence-corrected chi connectivity index (χ0v) is 15.4. The summed E-state index contributed by atoms with van der Waals surface area (Å²) >= 11 is 11.1. The molecule has 3 fully saturated rings. The van der Waals surface area contributed by atoms with Crippen LogP contribution in [0.15, 0.2) is 12.7 Å². The maximum atomic E-state index is 12.5. The monoisotopic (exact) mass is 441 g/mol. The van der Waals surface area contributed by atoms with E-state index in [1.807, 2.05) is 0 Å². The largest absolute Gasteiger partial charge is 0.352 e. The van der Waals surface area contributed by atoms with Gasteiger partial charge >= 0.3 is 0 Å². The summed E-state index contributed by atoms with van der Waals surface area (Å²) in [5.74, 6) is 0.156. The van der Waals surface area contributed by atoms with E-state index in [0.29, 0.717) is 6.54 Å². The fraction of sp³-hybridized carbons (Fsp3) is 0.769. The Morgan fingerprint density at radius 3 is 2.50 bits per heavy atom. The standard InChI is InChI=1S/C13H18Br3NO/c1-4-7-17-10(18)13-6-5-12(8(13)14,9(15)16)11(13,2)3/h4,8-9H,1,5-7H2,2-3H3,(H,17,18)/t8-,12+,13-/m1/s1. The van der Waals surface area contributed by atoms with E-state index in [-0.39, 0.29) is 30.7 Å².